The molecule has 4 rings (SSSR count). The van der Waals surface area contributed by atoms with Crippen molar-refractivity contribution in [1.82, 2.24) is 4.90 Å². The molecule has 1 heterocycles. The first kappa shape index (κ1) is 23.0. The number of carbonyl (C=O) groups is 1. The molecule has 9 heteroatoms. The molecule has 0 saturated carbocycles. The Morgan fingerprint density at radius 3 is 2.44 bits per heavy atom. The normalized spacial score (nSPS) is 14.8. The Bertz CT molecular complexity index is 1210. The van der Waals surface area contributed by atoms with E-state index in [1.165, 1.54) is 49.6 Å². The van der Waals surface area contributed by atoms with Gasteiger partial charge in [-0.25, -0.2) is 4.39 Å². The third-order valence-electron chi connectivity index (χ3n) is 5.82. The molecule has 0 bridgehead atoms. The van der Waals surface area contributed by atoms with Crippen molar-refractivity contribution in [3.05, 3.63) is 93.3 Å². The second-order valence-electron chi connectivity index (χ2n) is 7.71. The topological polar surface area (TPSA) is 91.1 Å². The van der Waals surface area contributed by atoms with Gasteiger partial charge in [0.25, 0.3) is 11.6 Å². The lowest BCUT2D eigenvalue weighted by molar-refractivity contribution is -0.385. The van der Waals surface area contributed by atoms with Crippen molar-refractivity contribution in [1.29, 1.82) is 0 Å². The van der Waals surface area contributed by atoms with Crippen LogP contribution in [0.5, 0.6) is 17.2 Å². The summed E-state index contributed by atoms with van der Waals surface area (Å²) < 4.78 is 30.1. The van der Waals surface area contributed by atoms with Crippen LogP contribution in [-0.2, 0) is 6.42 Å². The summed E-state index contributed by atoms with van der Waals surface area (Å²) in [4.78, 5) is 26.1. The minimum atomic E-state index is -0.569. The zero-order valence-electron chi connectivity index (χ0n) is 18.7. The van der Waals surface area contributed by atoms with Crippen LogP contribution in [0, 0.1) is 15.9 Å². The van der Waals surface area contributed by atoms with Crippen LogP contribution >= 0.6 is 0 Å². The summed E-state index contributed by atoms with van der Waals surface area (Å²) >= 11 is 0. The van der Waals surface area contributed by atoms with Crippen molar-refractivity contribution in [3.63, 3.8) is 0 Å². The van der Waals surface area contributed by atoms with Gasteiger partial charge in [-0.2, -0.15) is 0 Å². The number of amides is 1. The van der Waals surface area contributed by atoms with Gasteiger partial charge in [0.1, 0.15) is 23.7 Å². The number of methoxy groups -OCH3 is 2. The average molecular weight is 466 g/mol. The summed E-state index contributed by atoms with van der Waals surface area (Å²) in [6.07, 6.45) is 0.523. The van der Waals surface area contributed by atoms with Crippen molar-refractivity contribution in [3.8, 4) is 17.2 Å². The van der Waals surface area contributed by atoms with Crippen molar-refractivity contribution in [2.45, 2.75) is 12.5 Å². The summed E-state index contributed by atoms with van der Waals surface area (Å²) in [5.41, 5.74) is 1.49. The number of nitro benzene ring substituents is 1. The third-order valence-corrected chi connectivity index (χ3v) is 5.82. The monoisotopic (exact) mass is 466 g/mol. The lowest BCUT2D eigenvalue weighted by Crippen LogP contribution is -2.42. The van der Waals surface area contributed by atoms with Gasteiger partial charge >= 0.3 is 0 Å². The molecule has 3 aromatic carbocycles. The molecule has 0 radical (unpaired) electrons. The molecular formula is C25H23FN2O6. The van der Waals surface area contributed by atoms with Gasteiger partial charge in [0.15, 0.2) is 11.5 Å². The first-order valence-corrected chi connectivity index (χ1v) is 10.6. The Balaban J connectivity index is 1.74. The van der Waals surface area contributed by atoms with Crippen molar-refractivity contribution in [2.24, 2.45) is 0 Å². The number of carbonyl (C=O) groups excluding carboxylic acids is 1. The Morgan fingerprint density at radius 2 is 1.76 bits per heavy atom. The predicted molar refractivity (Wildman–Crippen MR) is 122 cm³/mol. The maximum Gasteiger partial charge on any atom is 0.282 e. The summed E-state index contributed by atoms with van der Waals surface area (Å²) in [7, 11) is 3.07. The van der Waals surface area contributed by atoms with Gasteiger partial charge in [-0.15, -0.1) is 0 Å². The number of hydrogen-bond acceptors (Lipinski definition) is 6. The highest BCUT2D eigenvalue weighted by Gasteiger charge is 2.35. The molecule has 3 aromatic rings. The second kappa shape index (κ2) is 9.78. The largest absolute Gasteiger partial charge is 0.493 e. The molecule has 8 nitrogen and oxygen atoms in total. The smallest absolute Gasteiger partial charge is 0.282 e. The molecule has 0 spiro atoms. The van der Waals surface area contributed by atoms with Gasteiger partial charge in [-0.05, 0) is 60.0 Å². The van der Waals surface area contributed by atoms with E-state index in [9.17, 15) is 19.3 Å². The van der Waals surface area contributed by atoms with Crippen LogP contribution in [-0.4, -0.2) is 43.1 Å². The highest BCUT2D eigenvalue weighted by atomic mass is 19.1. The lowest BCUT2D eigenvalue weighted by atomic mass is 9.91. The van der Waals surface area contributed by atoms with E-state index in [1.54, 1.807) is 24.1 Å². The zero-order valence-corrected chi connectivity index (χ0v) is 18.7. The molecule has 176 valence electrons. The van der Waals surface area contributed by atoms with Gasteiger partial charge < -0.3 is 19.1 Å². The maximum atomic E-state index is 13.5. The number of benzene rings is 3. The van der Waals surface area contributed by atoms with E-state index in [0.717, 1.165) is 11.1 Å². The number of hydrogen-bond donors (Lipinski definition) is 0. The van der Waals surface area contributed by atoms with E-state index in [-0.39, 0.29) is 23.7 Å². The number of fused-ring (bicyclic) bond motifs is 1. The van der Waals surface area contributed by atoms with Gasteiger partial charge in [0, 0.05) is 12.6 Å². The summed E-state index contributed by atoms with van der Waals surface area (Å²) in [5, 5.41) is 11.5. The van der Waals surface area contributed by atoms with Gasteiger partial charge in [-0.3, -0.25) is 14.9 Å². The van der Waals surface area contributed by atoms with E-state index in [2.05, 4.69) is 0 Å². The Labute approximate surface area is 195 Å². The fourth-order valence-electron chi connectivity index (χ4n) is 4.13. The van der Waals surface area contributed by atoms with E-state index in [1.807, 2.05) is 6.07 Å². The summed E-state index contributed by atoms with van der Waals surface area (Å²) in [6, 6.07) is 14.5. The standard InChI is InChI=1S/C25H23FN2O6/c1-32-23-13-16-11-12-27(25(29)19-5-3-4-6-21(19)28(30)31)22(20(16)14-24(23)33-2)15-34-18-9-7-17(26)8-10-18/h3-10,13-14,22H,11-12,15H2,1-2H3/t22-/m0/s1. The number of halogens is 1. The fraction of sp³-hybridized carbons (Fsp3) is 0.240. The molecule has 0 aliphatic carbocycles. The molecule has 1 aliphatic heterocycles. The van der Waals surface area contributed by atoms with Crippen LogP contribution < -0.4 is 14.2 Å². The van der Waals surface area contributed by atoms with Gasteiger partial charge in [-0.1, -0.05) is 12.1 Å². The predicted octanol–water partition coefficient (Wildman–Crippen LogP) is 4.57. The van der Waals surface area contributed by atoms with Crippen molar-refractivity contribution < 1.29 is 28.3 Å². The summed E-state index contributed by atoms with van der Waals surface area (Å²) in [6.45, 7) is 0.380. The fourth-order valence-corrected chi connectivity index (χ4v) is 4.13. The molecule has 0 unspecified atom stereocenters. The third kappa shape index (κ3) is 4.50. The van der Waals surface area contributed by atoms with Crippen LogP contribution in [0.1, 0.15) is 27.5 Å². The molecule has 0 saturated heterocycles. The SMILES string of the molecule is COc1cc2c(cc1OC)[C@H](COc1ccc(F)cc1)N(C(=O)c1ccccc1[N+](=O)[O-])CC2. The number of nitrogens with zero attached hydrogens (tertiary/aromatic N) is 2. The molecule has 0 aromatic heterocycles. The number of ether oxygens (including phenoxy) is 3. The van der Waals surface area contributed by atoms with Crippen LogP contribution in [0.2, 0.25) is 0 Å². The van der Waals surface area contributed by atoms with E-state index >= 15 is 0 Å². The highest BCUT2D eigenvalue weighted by molar-refractivity contribution is 5.98. The van der Waals surface area contributed by atoms with Crippen LogP contribution in [0.15, 0.2) is 60.7 Å². The first-order chi connectivity index (χ1) is 16.4. The molecule has 0 N–H and O–H groups in total. The van der Waals surface area contributed by atoms with Crippen LogP contribution in [0.4, 0.5) is 10.1 Å². The number of rotatable bonds is 7. The molecule has 1 atom stereocenters. The highest BCUT2D eigenvalue weighted by Crippen LogP contribution is 2.39. The maximum absolute atomic E-state index is 13.5. The quantitative estimate of drug-likeness (QED) is 0.374. The van der Waals surface area contributed by atoms with E-state index in [4.69, 9.17) is 14.2 Å². The first-order valence-electron chi connectivity index (χ1n) is 10.6. The van der Waals surface area contributed by atoms with E-state index < -0.39 is 16.9 Å². The second-order valence-corrected chi connectivity index (χ2v) is 7.71. The van der Waals surface area contributed by atoms with Gasteiger partial charge in [0.05, 0.1) is 25.2 Å². The number of nitro groups is 1. The van der Waals surface area contributed by atoms with Gasteiger partial charge in [0.2, 0.25) is 0 Å². The van der Waals surface area contributed by atoms with Crippen molar-refractivity contribution in [2.75, 3.05) is 27.4 Å². The molecule has 0 fully saturated rings. The molecular weight excluding hydrogens is 443 g/mol. The van der Waals surface area contributed by atoms with Crippen molar-refractivity contribution >= 4 is 11.6 Å². The average Bonchev–Trinajstić information content (AvgIpc) is 2.86. The molecule has 34 heavy (non-hydrogen) atoms. The molecule has 1 aliphatic rings. The Hall–Kier alpha value is -4.14. The van der Waals surface area contributed by atoms with E-state index in [0.29, 0.717) is 30.2 Å². The lowest BCUT2D eigenvalue weighted by Gasteiger charge is -2.37. The van der Waals surface area contributed by atoms with Crippen LogP contribution in [0.25, 0.3) is 0 Å². The summed E-state index contributed by atoms with van der Waals surface area (Å²) in [5.74, 6) is 0.638. The Morgan fingerprint density at radius 1 is 1.09 bits per heavy atom. The minimum absolute atomic E-state index is 0.00297. The zero-order chi connectivity index (χ0) is 24.2. The number of para-hydroxylation sites is 1. The Kier molecular flexibility index (Phi) is 6.62. The molecule has 1 amide bonds. The minimum Gasteiger partial charge on any atom is -0.493 e. The van der Waals surface area contributed by atoms with Crippen LogP contribution in [0.3, 0.4) is 0 Å².